The summed E-state index contributed by atoms with van der Waals surface area (Å²) in [5.41, 5.74) is 0.643. The third kappa shape index (κ3) is 3.75. The van der Waals surface area contributed by atoms with Crippen LogP contribution in [0.3, 0.4) is 0 Å². The Labute approximate surface area is 159 Å². The van der Waals surface area contributed by atoms with Crippen molar-refractivity contribution in [2.24, 2.45) is 17.3 Å². The van der Waals surface area contributed by atoms with Gasteiger partial charge in [-0.1, -0.05) is 50.3 Å². The Balaban J connectivity index is 1.76. The molecular weight excluding hydrogens is 320 g/mol. The predicted octanol–water partition coefficient (Wildman–Crippen LogP) is 6.30. The van der Waals surface area contributed by atoms with Gasteiger partial charge in [0, 0.05) is 17.3 Å². The van der Waals surface area contributed by atoms with Gasteiger partial charge in [-0.05, 0) is 64.4 Å². The topological polar surface area (TPSA) is 26.3 Å². The van der Waals surface area contributed by atoms with Crippen molar-refractivity contribution in [2.45, 2.75) is 77.7 Å². The maximum absolute atomic E-state index is 13.3. The Bertz CT molecular complexity index is 653. The van der Waals surface area contributed by atoms with Crippen LogP contribution < -0.4 is 0 Å². The quantitative estimate of drug-likeness (QED) is 0.541. The Hall–Kier alpha value is -1.57. The zero-order valence-electron chi connectivity index (χ0n) is 16.7. The van der Waals surface area contributed by atoms with Gasteiger partial charge >= 0.3 is 0 Å². The molecule has 0 bridgehead atoms. The van der Waals surface area contributed by atoms with E-state index in [-0.39, 0.29) is 16.9 Å². The van der Waals surface area contributed by atoms with E-state index in [0.29, 0.717) is 11.7 Å². The number of ether oxygens (including phenoxy) is 1. The average Bonchev–Trinajstić information content (AvgIpc) is 2.83. The molecule has 0 aromatic heterocycles. The van der Waals surface area contributed by atoms with Crippen LogP contribution >= 0.6 is 0 Å². The van der Waals surface area contributed by atoms with Crippen molar-refractivity contribution in [2.75, 3.05) is 0 Å². The molecule has 2 heteroatoms. The highest BCUT2D eigenvalue weighted by Crippen LogP contribution is 2.55. The van der Waals surface area contributed by atoms with Crippen molar-refractivity contribution in [1.82, 2.24) is 0 Å². The summed E-state index contributed by atoms with van der Waals surface area (Å²) in [7, 11) is 0. The van der Waals surface area contributed by atoms with Crippen molar-refractivity contribution in [3.63, 3.8) is 0 Å². The van der Waals surface area contributed by atoms with Crippen LogP contribution in [0, 0.1) is 17.3 Å². The second kappa shape index (κ2) is 7.58. The fourth-order valence-electron chi connectivity index (χ4n) is 5.10. The van der Waals surface area contributed by atoms with Crippen LogP contribution in [0.5, 0.6) is 0 Å². The smallest absolute Gasteiger partial charge is 0.145 e. The first kappa shape index (κ1) is 19.2. The van der Waals surface area contributed by atoms with Gasteiger partial charge in [-0.15, -0.1) is 0 Å². The molecule has 0 amide bonds. The standard InChI is InChI=1S/C24H34O2/c1-5-23(22(25)19(4)12-11-18(2)3)15-16-24(17-23)14-13-20-9-7-6-8-10-21(20)26-24/h6,8,10-12,19-20H,2,5,7,9,13-17H2,1,3-4H3/b12-11-. The molecule has 26 heavy (non-hydrogen) atoms. The Morgan fingerprint density at radius 1 is 1.38 bits per heavy atom. The van der Waals surface area contributed by atoms with Crippen molar-refractivity contribution < 1.29 is 9.53 Å². The molecule has 0 N–H and O–H groups in total. The van der Waals surface area contributed by atoms with Gasteiger partial charge in [-0.3, -0.25) is 4.79 Å². The van der Waals surface area contributed by atoms with E-state index in [2.05, 4.69) is 31.7 Å². The van der Waals surface area contributed by atoms with Gasteiger partial charge in [-0.25, -0.2) is 0 Å². The van der Waals surface area contributed by atoms with Crippen molar-refractivity contribution in [1.29, 1.82) is 0 Å². The largest absolute Gasteiger partial charge is 0.491 e. The first-order chi connectivity index (χ1) is 12.4. The number of allylic oxidation sites excluding steroid dienone is 7. The molecule has 2 nitrogen and oxygen atoms in total. The van der Waals surface area contributed by atoms with E-state index in [0.717, 1.165) is 44.1 Å². The number of carbonyl (C=O) groups excluding carboxylic acids is 1. The molecule has 0 aromatic rings. The molecule has 2 aliphatic carbocycles. The summed E-state index contributed by atoms with van der Waals surface area (Å²) in [5.74, 6) is 2.06. The van der Waals surface area contributed by atoms with Crippen LogP contribution in [0.15, 0.2) is 48.3 Å². The minimum absolute atomic E-state index is 0.0573. The summed E-state index contributed by atoms with van der Waals surface area (Å²) in [6.07, 6.45) is 18.9. The van der Waals surface area contributed by atoms with Crippen molar-refractivity contribution in [3.05, 3.63) is 48.3 Å². The van der Waals surface area contributed by atoms with Crippen LogP contribution in [0.4, 0.5) is 0 Å². The number of fused-ring (bicyclic) bond motifs is 1. The maximum Gasteiger partial charge on any atom is 0.145 e. The van der Waals surface area contributed by atoms with Gasteiger partial charge in [0.25, 0.3) is 0 Å². The van der Waals surface area contributed by atoms with Crippen LogP contribution in [0.1, 0.15) is 72.1 Å². The summed E-state index contributed by atoms with van der Waals surface area (Å²) in [6, 6.07) is 0. The third-order valence-electron chi connectivity index (χ3n) is 6.77. The number of Topliss-reactive ketones (excluding diaryl/α,β-unsaturated/α-hetero) is 1. The predicted molar refractivity (Wildman–Crippen MR) is 108 cm³/mol. The first-order valence-corrected chi connectivity index (χ1v) is 10.3. The van der Waals surface area contributed by atoms with Crippen LogP contribution in [-0.4, -0.2) is 11.4 Å². The highest BCUT2D eigenvalue weighted by atomic mass is 16.5. The van der Waals surface area contributed by atoms with Crippen molar-refractivity contribution >= 4 is 5.78 Å². The Kier molecular flexibility index (Phi) is 5.60. The van der Waals surface area contributed by atoms with Crippen molar-refractivity contribution in [3.8, 4) is 0 Å². The number of hydrogen-bond donors (Lipinski definition) is 0. The molecule has 1 heterocycles. The van der Waals surface area contributed by atoms with E-state index in [4.69, 9.17) is 4.74 Å². The maximum atomic E-state index is 13.3. The van der Waals surface area contributed by atoms with Crippen LogP contribution in [0.2, 0.25) is 0 Å². The van der Waals surface area contributed by atoms with Crippen LogP contribution in [-0.2, 0) is 9.53 Å². The molecule has 2 fully saturated rings. The molecule has 1 aliphatic heterocycles. The lowest BCUT2D eigenvalue weighted by molar-refractivity contribution is -0.133. The fourth-order valence-corrected chi connectivity index (χ4v) is 5.10. The zero-order chi connectivity index (χ0) is 18.8. The second-order valence-electron chi connectivity index (χ2n) is 8.76. The lowest BCUT2D eigenvalue weighted by Crippen LogP contribution is -2.40. The molecular formula is C24H34O2. The number of ketones is 1. The van der Waals surface area contributed by atoms with Gasteiger partial charge in [0.1, 0.15) is 11.4 Å². The normalized spacial score (nSPS) is 34.9. The number of carbonyl (C=O) groups is 1. The zero-order valence-corrected chi connectivity index (χ0v) is 16.7. The van der Waals surface area contributed by atoms with E-state index >= 15 is 0 Å². The molecule has 0 aromatic carbocycles. The molecule has 4 unspecified atom stereocenters. The molecule has 1 spiro atoms. The SMILES string of the molecule is C=C(C)/C=C\C(C)C(=O)C1(CC)CCC2(CCC3CCC=CC=C3O2)C1. The summed E-state index contributed by atoms with van der Waals surface area (Å²) < 4.78 is 6.63. The van der Waals surface area contributed by atoms with E-state index in [9.17, 15) is 4.79 Å². The van der Waals surface area contributed by atoms with Gasteiger partial charge in [-0.2, -0.15) is 0 Å². The van der Waals surface area contributed by atoms with Gasteiger partial charge < -0.3 is 4.74 Å². The Morgan fingerprint density at radius 3 is 2.92 bits per heavy atom. The lowest BCUT2D eigenvalue weighted by atomic mass is 9.72. The molecule has 3 rings (SSSR count). The highest BCUT2D eigenvalue weighted by molar-refractivity contribution is 5.88. The molecule has 1 saturated heterocycles. The third-order valence-corrected chi connectivity index (χ3v) is 6.77. The molecule has 142 valence electrons. The summed E-state index contributed by atoms with van der Waals surface area (Å²) >= 11 is 0. The number of rotatable bonds is 5. The lowest BCUT2D eigenvalue weighted by Gasteiger charge is -2.41. The van der Waals surface area contributed by atoms with E-state index in [1.54, 1.807) is 0 Å². The average molecular weight is 355 g/mol. The summed E-state index contributed by atoms with van der Waals surface area (Å²) in [4.78, 5) is 13.3. The van der Waals surface area contributed by atoms with Gasteiger partial charge in [0.2, 0.25) is 0 Å². The molecule has 0 radical (unpaired) electrons. The fraction of sp³-hybridized carbons (Fsp3) is 0.625. The monoisotopic (exact) mass is 354 g/mol. The summed E-state index contributed by atoms with van der Waals surface area (Å²) in [6.45, 7) is 10.1. The Morgan fingerprint density at radius 2 is 2.19 bits per heavy atom. The number of hydrogen-bond acceptors (Lipinski definition) is 2. The minimum atomic E-state index is -0.229. The summed E-state index contributed by atoms with van der Waals surface area (Å²) in [5, 5.41) is 0. The van der Waals surface area contributed by atoms with E-state index in [1.807, 2.05) is 26.0 Å². The second-order valence-corrected chi connectivity index (χ2v) is 8.76. The van der Waals surface area contributed by atoms with Crippen LogP contribution in [0.25, 0.3) is 0 Å². The van der Waals surface area contributed by atoms with E-state index in [1.165, 1.54) is 18.6 Å². The van der Waals surface area contributed by atoms with Gasteiger partial charge in [0.05, 0.1) is 5.76 Å². The minimum Gasteiger partial charge on any atom is -0.491 e. The molecule has 3 aliphatic rings. The van der Waals surface area contributed by atoms with E-state index < -0.39 is 0 Å². The molecule has 1 saturated carbocycles. The first-order valence-electron chi connectivity index (χ1n) is 10.3. The molecule has 4 atom stereocenters. The highest BCUT2D eigenvalue weighted by Gasteiger charge is 2.54. The van der Waals surface area contributed by atoms with Gasteiger partial charge in [0.15, 0.2) is 0 Å².